The van der Waals surface area contributed by atoms with Crippen molar-refractivity contribution in [1.29, 1.82) is 0 Å². The monoisotopic (exact) mass is 481 g/mol. The number of benzene rings is 1. The van der Waals surface area contributed by atoms with Crippen molar-refractivity contribution >= 4 is 12.0 Å². The maximum atomic E-state index is 13.1. The molecule has 1 saturated carbocycles. The first-order chi connectivity index (χ1) is 16.9. The number of hydrogen-bond acceptors (Lipinski definition) is 4. The van der Waals surface area contributed by atoms with Gasteiger partial charge >= 0.3 is 6.09 Å². The van der Waals surface area contributed by atoms with Gasteiger partial charge in [-0.25, -0.2) is 4.79 Å². The summed E-state index contributed by atoms with van der Waals surface area (Å²) in [5.41, 5.74) is 2.88. The smallest absolute Gasteiger partial charge is 0.410 e. The summed E-state index contributed by atoms with van der Waals surface area (Å²) in [5, 5.41) is 0. The number of carbonyl (C=O) groups is 2. The second kappa shape index (κ2) is 10.1. The van der Waals surface area contributed by atoms with Crippen molar-refractivity contribution in [3.05, 3.63) is 35.4 Å². The average Bonchev–Trinajstić information content (AvgIpc) is 3.16. The lowest BCUT2D eigenvalue weighted by molar-refractivity contribution is -0.134. The molecule has 0 N–H and O–H groups in total. The first-order valence-electron chi connectivity index (χ1n) is 13.9. The number of piperidine rings is 2. The summed E-state index contributed by atoms with van der Waals surface area (Å²) in [6, 6.07) is 9.69. The lowest BCUT2D eigenvalue weighted by Crippen LogP contribution is -2.55. The van der Waals surface area contributed by atoms with Gasteiger partial charge < -0.3 is 19.4 Å². The molecule has 4 aliphatic heterocycles. The quantitative estimate of drug-likeness (QED) is 0.619. The van der Waals surface area contributed by atoms with Gasteiger partial charge in [0.1, 0.15) is 0 Å². The normalized spacial score (nSPS) is 28.2. The van der Waals surface area contributed by atoms with Gasteiger partial charge in [0, 0.05) is 43.6 Å². The molecular formula is C29H43N3O3. The molecule has 6 nitrogen and oxygen atoms in total. The molecule has 3 atom stereocenters. The van der Waals surface area contributed by atoms with E-state index in [1.807, 2.05) is 11.8 Å². The number of ether oxygens (including phenoxy) is 1. The molecule has 0 radical (unpaired) electrons. The Morgan fingerprint density at radius 1 is 1.09 bits per heavy atom. The van der Waals surface area contributed by atoms with Crippen LogP contribution < -0.4 is 0 Å². The topological polar surface area (TPSA) is 53.1 Å². The second-order valence-electron chi connectivity index (χ2n) is 11.9. The van der Waals surface area contributed by atoms with Crippen LogP contribution in [0, 0.1) is 11.8 Å². The highest BCUT2D eigenvalue weighted by molar-refractivity contribution is 5.77. The molecular weight excluding hydrogens is 438 g/mol. The number of hydrogen-bond donors (Lipinski definition) is 0. The van der Waals surface area contributed by atoms with E-state index in [4.69, 9.17) is 4.74 Å². The fraction of sp³-hybridized carbons (Fsp3) is 0.724. The summed E-state index contributed by atoms with van der Waals surface area (Å²) in [6.45, 7) is 11.2. The number of fused-ring (bicyclic) bond motifs is 6. The molecule has 4 heterocycles. The zero-order chi connectivity index (χ0) is 24.6. The summed E-state index contributed by atoms with van der Waals surface area (Å²) < 4.78 is 5.37. The Balaban J connectivity index is 1.29. The molecule has 2 bridgehead atoms. The van der Waals surface area contributed by atoms with E-state index in [2.05, 4.69) is 47.9 Å². The summed E-state index contributed by atoms with van der Waals surface area (Å²) >= 11 is 0. The average molecular weight is 482 g/mol. The molecule has 35 heavy (non-hydrogen) atoms. The number of nitrogens with zero attached hydrogens (tertiary/aromatic N) is 3. The zero-order valence-corrected chi connectivity index (χ0v) is 21.9. The van der Waals surface area contributed by atoms with Gasteiger partial charge in [0.05, 0.1) is 6.61 Å². The van der Waals surface area contributed by atoms with Crippen LogP contribution in [0.25, 0.3) is 0 Å². The summed E-state index contributed by atoms with van der Waals surface area (Å²) in [7, 11) is 0. The van der Waals surface area contributed by atoms with E-state index in [1.54, 1.807) is 0 Å². The Morgan fingerprint density at radius 2 is 1.86 bits per heavy atom. The molecule has 2 amide bonds. The van der Waals surface area contributed by atoms with Crippen LogP contribution in [0.5, 0.6) is 0 Å². The summed E-state index contributed by atoms with van der Waals surface area (Å²) in [4.78, 5) is 32.5. The standard InChI is InChI=1S/C29H43N3O3/c1-4-35-28(34)32-18-22-9-10-24(32)17-25(16-22)30-13-11-29(12-14-30)20-31(27(33)15-21(2)3)19-23-7-5-6-8-26(23)29/h5-8,21-22,24-25H,4,9-20H2,1-3H3. The first-order valence-corrected chi connectivity index (χ1v) is 13.9. The van der Waals surface area contributed by atoms with Gasteiger partial charge in [-0.1, -0.05) is 38.1 Å². The van der Waals surface area contributed by atoms with E-state index < -0.39 is 0 Å². The predicted octanol–water partition coefficient (Wildman–Crippen LogP) is 4.81. The van der Waals surface area contributed by atoms with E-state index in [9.17, 15) is 9.59 Å². The maximum Gasteiger partial charge on any atom is 0.410 e. The highest BCUT2D eigenvalue weighted by Gasteiger charge is 2.46. The highest BCUT2D eigenvalue weighted by atomic mass is 16.6. The van der Waals surface area contributed by atoms with Crippen molar-refractivity contribution in [1.82, 2.24) is 14.7 Å². The van der Waals surface area contributed by atoms with E-state index in [1.165, 1.54) is 24.0 Å². The van der Waals surface area contributed by atoms with Gasteiger partial charge in [0.25, 0.3) is 0 Å². The molecule has 1 spiro atoms. The highest BCUT2D eigenvalue weighted by Crippen LogP contribution is 2.44. The Bertz CT molecular complexity index is 924. The third-order valence-electron chi connectivity index (χ3n) is 9.11. The molecule has 6 heteroatoms. The Morgan fingerprint density at radius 3 is 2.60 bits per heavy atom. The number of likely N-dealkylation sites (tertiary alicyclic amines) is 1. The van der Waals surface area contributed by atoms with Crippen molar-refractivity contribution in [2.75, 3.05) is 32.8 Å². The zero-order valence-electron chi connectivity index (χ0n) is 21.9. The summed E-state index contributed by atoms with van der Waals surface area (Å²) in [6.07, 6.45) is 7.31. The summed E-state index contributed by atoms with van der Waals surface area (Å²) in [5.74, 6) is 1.27. The van der Waals surface area contributed by atoms with Crippen LogP contribution >= 0.6 is 0 Å². The molecule has 1 aromatic carbocycles. The van der Waals surface area contributed by atoms with Gasteiger partial charge in [0.2, 0.25) is 5.91 Å². The third-order valence-corrected chi connectivity index (χ3v) is 9.11. The minimum Gasteiger partial charge on any atom is -0.450 e. The van der Waals surface area contributed by atoms with Gasteiger partial charge in [-0.15, -0.1) is 0 Å². The van der Waals surface area contributed by atoms with Gasteiger partial charge in [-0.2, -0.15) is 0 Å². The molecule has 3 saturated heterocycles. The van der Waals surface area contributed by atoms with Crippen LogP contribution in [0.3, 0.4) is 0 Å². The van der Waals surface area contributed by atoms with Crippen molar-refractivity contribution in [3.8, 4) is 0 Å². The van der Waals surface area contributed by atoms with Crippen molar-refractivity contribution in [2.24, 2.45) is 11.8 Å². The molecule has 3 unspecified atom stereocenters. The number of amides is 2. The van der Waals surface area contributed by atoms with Gasteiger partial charge in [-0.05, 0) is 81.5 Å². The van der Waals surface area contributed by atoms with E-state index in [0.29, 0.717) is 42.9 Å². The molecule has 1 aromatic rings. The van der Waals surface area contributed by atoms with E-state index >= 15 is 0 Å². The van der Waals surface area contributed by atoms with Crippen molar-refractivity contribution in [2.45, 2.75) is 89.8 Å². The number of rotatable bonds is 4. The Labute approximate surface area is 211 Å². The Hall–Kier alpha value is -2.08. The SMILES string of the molecule is CCOC(=O)N1CC2CCC1CC(N1CCC3(CC1)CN(C(=O)CC(C)C)Cc1ccccc13)C2. The van der Waals surface area contributed by atoms with Crippen molar-refractivity contribution in [3.63, 3.8) is 0 Å². The maximum absolute atomic E-state index is 13.1. The predicted molar refractivity (Wildman–Crippen MR) is 137 cm³/mol. The van der Waals surface area contributed by atoms with Crippen LogP contribution in [0.2, 0.25) is 0 Å². The third kappa shape index (κ3) is 4.96. The Kier molecular flexibility index (Phi) is 7.11. The van der Waals surface area contributed by atoms with Crippen LogP contribution in [-0.2, 0) is 21.5 Å². The molecule has 192 valence electrons. The number of carbonyl (C=O) groups excluding carboxylic acids is 2. The van der Waals surface area contributed by atoms with Gasteiger partial charge in [0.15, 0.2) is 0 Å². The molecule has 6 rings (SSSR count). The van der Waals surface area contributed by atoms with E-state index in [0.717, 1.165) is 58.4 Å². The fourth-order valence-electron chi connectivity index (χ4n) is 7.35. The first kappa shape index (κ1) is 24.6. The molecule has 5 aliphatic rings. The van der Waals surface area contributed by atoms with Crippen LogP contribution in [-0.4, -0.2) is 71.6 Å². The van der Waals surface area contributed by atoms with Gasteiger partial charge in [-0.3, -0.25) is 4.79 Å². The fourth-order valence-corrected chi connectivity index (χ4v) is 7.35. The van der Waals surface area contributed by atoms with E-state index in [-0.39, 0.29) is 11.5 Å². The molecule has 4 fully saturated rings. The lowest BCUT2D eigenvalue weighted by Gasteiger charge is -2.50. The molecule has 0 aromatic heterocycles. The lowest BCUT2D eigenvalue weighted by atomic mass is 9.68. The van der Waals surface area contributed by atoms with Crippen LogP contribution in [0.15, 0.2) is 24.3 Å². The molecule has 1 aliphatic carbocycles. The van der Waals surface area contributed by atoms with Crippen molar-refractivity contribution < 1.29 is 14.3 Å². The minimum absolute atomic E-state index is 0.0681. The van der Waals surface area contributed by atoms with Crippen LogP contribution in [0.1, 0.15) is 76.8 Å². The minimum atomic E-state index is -0.120. The largest absolute Gasteiger partial charge is 0.450 e. The second-order valence-corrected chi connectivity index (χ2v) is 11.9. The van der Waals surface area contributed by atoms with Crippen LogP contribution in [0.4, 0.5) is 4.79 Å².